The van der Waals surface area contributed by atoms with Crippen molar-refractivity contribution in [2.75, 3.05) is 10.6 Å². The van der Waals surface area contributed by atoms with Gasteiger partial charge in [0.2, 0.25) is 11.8 Å². The summed E-state index contributed by atoms with van der Waals surface area (Å²) in [5.41, 5.74) is 0.930. The van der Waals surface area contributed by atoms with E-state index in [1.165, 1.54) is 24.3 Å². The highest BCUT2D eigenvalue weighted by molar-refractivity contribution is 5.98. The Morgan fingerprint density at radius 2 is 1.14 bits per heavy atom. The Labute approximate surface area is 159 Å². The number of hydrogen-bond donors (Lipinski definition) is 2. The average molecular weight is 386 g/mol. The summed E-state index contributed by atoms with van der Waals surface area (Å²) in [6, 6.07) is 8.73. The fourth-order valence-corrected chi connectivity index (χ4v) is 2.45. The van der Waals surface area contributed by atoms with Crippen LogP contribution in [-0.2, 0) is 9.59 Å². The molecule has 2 N–H and O–H groups in total. The number of amides is 2. The maximum Gasteiger partial charge on any atom is 0.293 e. The van der Waals surface area contributed by atoms with Crippen molar-refractivity contribution in [1.82, 2.24) is 0 Å². The predicted molar refractivity (Wildman–Crippen MR) is 102 cm³/mol. The van der Waals surface area contributed by atoms with E-state index in [4.69, 9.17) is 0 Å². The molecule has 2 rings (SSSR count). The minimum Gasteiger partial charge on any atom is -0.320 e. The number of carbonyl (C=O) groups is 2. The second-order valence-electron chi connectivity index (χ2n) is 6.15. The van der Waals surface area contributed by atoms with Gasteiger partial charge in [-0.15, -0.1) is 0 Å². The van der Waals surface area contributed by atoms with Crippen molar-refractivity contribution < 1.29 is 19.4 Å². The van der Waals surface area contributed by atoms with Gasteiger partial charge in [-0.3, -0.25) is 29.8 Å². The number of nitro benzene ring substituents is 2. The first-order valence-corrected chi connectivity index (χ1v) is 8.27. The van der Waals surface area contributed by atoms with E-state index in [9.17, 15) is 29.8 Å². The van der Waals surface area contributed by atoms with Crippen LogP contribution >= 0.6 is 0 Å². The lowest BCUT2D eigenvalue weighted by Crippen LogP contribution is -2.18. The number of nitro groups is 2. The topological polar surface area (TPSA) is 144 Å². The number of anilines is 2. The van der Waals surface area contributed by atoms with E-state index >= 15 is 0 Å². The third kappa shape index (κ3) is 5.34. The van der Waals surface area contributed by atoms with Crippen LogP contribution in [0.15, 0.2) is 36.4 Å². The molecule has 0 fully saturated rings. The summed E-state index contributed by atoms with van der Waals surface area (Å²) in [5.74, 6) is -1.17. The van der Waals surface area contributed by atoms with Gasteiger partial charge in [-0.2, -0.15) is 0 Å². The van der Waals surface area contributed by atoms with Gasteiger partial charge >= 0.3 is 0 Å². The predicted octanol–water partition coefficient (Wildman–Crippen LogP) is 3.48. The molecule has 2 amide bonds. The third-order valence-corrected chi connectivity index (χ3v) is 3.83. The SMILES string of the molecule is Cc1ccc(NC(=O)CCC(=O)Nc2ccc(C)cc2[N+](=O)[O-])c([N+](=O)[O-])c1. The van der Waals surface area contributed by atoms with Gasteiger partial charge < -0.3 is 10.6 Å². The number of hydrogen-bond acceptors (Lipinski definition) is 6. The molecular weight excluding hydrogens is 368 g/mol. The zero-order valence-electron chi connectivity index (χ0n) is 15.2. The minimum atomic E-state index is -0.605. The number of carbonyl (C=O) groups excluding carboxylic acids is 2. The van der Waals surface area contributed by atoms with Gasteiger partial charge in [0.05, 0.1) is 9.85 Å². The summed E-state index contributed by atoms with van der Waals surface area (Å²) in [6.45, 7) is 3.38. The Balaban J connectivity index is 1.98. The van der Waals surface area contributed by atoms with Crippen LogP contribution in [0.3, 0.4) is 0 Å². The zero-order chi connectivity index (χ0) is 20.8. The van der Waals surface area contributed by atoms with Gasteiger partial charge in [0.25, 0.3) is 11.4 Å². The lowest BCUT2D eigenvalue weighted by atomic mass is 10.1. The molecule has 0 saturated carbocycles. The van der Waals surface area contributed by atoms with Crippen molar-refractivity contribution in [3.63, 3.8) is 0 Å². The molecule has 10 heteroatoms. The van der Waals surface area contributed by atoms with E-state index in [2.05, 4.69) is 10.6 Å². The average Bonchev–Trinajstić information content (AvgIpc) is 2.62. The standard InChI is InChI=1S/C18H18N4O6/c1-11-3-5-13(15(9-11)21(25)26)19-17(23)7-8-18(24)20-14-6-4-12(2)10-16(14)22(27)28/h3-6,9-10H,7-8H2,1-2H3,(H,19,23)(H,20,24). The van der Waals surface area contributed by atoms with Crippen molar-refractivity contribution in [3.05, 3.63) is 67.8 Å². The van der Waals surface area contributed by atoms with Gasteiger partial charge in [-0.05, 0) is 37.1 Å². The van der Waals surface area contributed by atoms with E-state index < -0.39 is 21.7 Å². The van der Waals surface area contributed by atoms with E-state index in [0.717, 1.165) is 0 Å². The lowest BCUT2D eigenvalue weighted by molar-refractivity contribution is -0.384. The van der Waals surface area contributed by atoms with Crippen LogP contribution in [0, 0.1) is 34.1 Å². The van der Waals surface area contributed by atoms with E-state index in [1.807, 2.05) is 0 Å². The normalized spacial score (nSPS) is 10.2. The molecule has 0 unspecified atom stereocenters. The molecule has 2 aromatic rings. The van der Waals surface area contributed by atoms with Crippen LogP contribution < -0.4 is 10.6 Å². The molecule has 28 heavy (non-hydrogen) atoms. The Morgan fingerprint density at radius 1 is 0.786 bits per heavy atom. The van der Waals surface area contributed by atoms with Crippen molar-refractivity contribution in [2.45, 2.75) is 26.7 Å². The van der Waals surface area contributed by atoms with Crippen LogP contribution in [0.4, 0.5) is 22.7 Å². The molecule has 0 aromatic heterocycles. The summed E-state index contributed by atoms with van der Waals surface area (Å²) in [5, 5.41) is 27.0. The largest absolute Gasteiger partial charge is 0.320 e. The van der Waals surface area contributed by atoms with Crippen LogP contribution in [0.25, 0.3) is 0 Å². The summed E-state index contributed by atoms with van der Waals surface area (Å²) in [6.07, 6.45) is -0.479. The van der Waals surface area contributed by atoms with Crippen LogP contribution in [0.2, 0.25) is 0 Å². The van der Waals surface area contributed by atoms with Crippen molar-refractivity contribution >= 4 is 34.6 Å². The summed E-state index contributed by atoms with van der Waals surface area (Å²) < 4.78 is 0. The van der Waals surface area contributed by atoms with Gasteiger partial charge in [-0.25, -0.2) is 0 Å². The number of nitrogens with one attached hydrogen (secondary N) is 2. The lowest BCUT2D eigenvalue weighted by Gasteiger charge is -2.08. The first-order valence-electron chi connectivity index (χ1n) is 8.27. The Kier molecular flexibility index (Phi) is 6.38. The third-order valence-electron chi connectivity index (χ3n) is 3.83. The molecule has 0 heterocycles. The van der Waals surface area contributed by atoms with Crippen LogP contribution in [-0.4, -0.2) is 21.7 Å². The number of nitrogens with zero attached hydrogens (tertiary/aromatic N) is 2. The fourth-order valence-electron chi connectivity index (χ4n) is 2.45. The van der Waals surface area contributed by atoms with E-state index in [-0.39, 0.29) is 35.6 Å². The van der Waals surface area contributed by atoms with E-state index in [1.54, 1.807) is 26.0 Å². The molecule has 0 bridgehead atoms. The van der Waals surface area contributed by atoms with Gasteiger partial charge in [0.15, 0.2) is 0 Å². The summed E-state index contributed by atoms with van der Waals surface area (Å²) in [7, 11) is 0. The maximum atomic E-state index is 12.0. The molecule has 0 spiro atoms. The van der Waals surface area contributed by atoms with E-state index in [0.29, 0.717) is 11.1 Å². The summed E-state index contributed by atoms with van der Waals surface area (Å²) in [4.78, 5) is 45.0. The fraction of sp³-hybridized carbons (Fsp3) is 0.222. The maximum absolute atomic E-state index is 12.0. The highest BCUT2D eigenvalue weighted by Crippen LogP contribution is 2.26. The smallest absolute Gasteiger partial charge is 0.293 e. The van der Waals surface area contributed by atoms with Crippen LogP contribution in [0.5, 0.6) is 0 Å². The molecular formula is C18H18N4O6. The van der Waals surface area contributed by atoms with Crippen molar-refractivity contribution in [1.29, 1.82) is 0 Å². The molecule has 10 nitrogen and oxygen atoms in total. The molecule has 0 aliphatic carbocycles. The first-order chi connectivity index (χ1) is 13.2. The Morgan fingerprint density at radius 3 is 1.46 bits per heavy atom. The highest BCUT2D eigenvalue weighted by atomic mass is 16.6. The molecule has 0 aliphatic heterocycles. The second kappa shape index (κ2) is 8.71. The second-order valence-corrected chi connectivity index (χ2v) is 6.15. The number of aryl methyl sites for hydroxylation is 2. The van der Waals surface area contributed by atoms with Crippen molar-refractivity contribution in [3.8, 4) is 0 Å². The van der Waals surface area contributed by atoms with Gasteiger partial charge in [0.1, 0.15) is 11.4 Å². The molecule has 2 aromatic carbocycles. The first kappa shape index (κ1) is 20.5. The number of rotatable bonds is 7. The Hall–Kier alpha value is -3.82. The van der Waals surface area contributed by atoms with Gasteiger partial charge in [-0.1, -0.05) is 12.1 Å². The van der Waals surface area contributed by atoms with Crippen molar-refractivity contribution in [2.24, 2.45) is 0 Å². The number of benzene rings is 2. The quantitative estimate of drug-likeness (QED) is 0.550. The summed E-state index contributed by atoms with van der Waals surface area (Å²) >= 11 is 0. The molecule has 0 radical (unpaired) electrons. The minimum absolute atomic E-state index is 0.0372. The molecule has 0 saturated heterocycles. The van der Waals surface area contributed by atoms with Crippen LogP contribution in [0.1, 0.15) is 24.0 Å². The zero-order valence-corrected chi connectivity index (χ0v) is 15.2. The van der Waals surface area contributed by atoms with Gasteiger partial charge in [0, 0.05) is 25.0 Å². The monoisotopic (exact) mass is 386 g/mol. The molecule has 146 valence electrons. The molecule has 0 atom stereocenters. The molecule has 0 aliphatic rings. The highest BCUT2D eigenvalue weighted by Gasteiger charge is 2.18. The Bertz CT molecular complexity index is 880.